The van der Waals surface area contributed by atoms with Crippen LogP contribution in [0.25, 0.3) is 0 Å². The van der Waals surface area contributed by atoms with Gasteiger partial charge in [-0.25, -0.2) is 26.9 Å². The normalized spacial score (nSPS) is 16.9. The van der Waals surface area contributed by atoms with Gasteiger partial charge in [-0.3, -0.25) is 0 Å². The Labute approximate surface area is 151 Å². The third-order valence-electron chi connectivity index (χ3n) is 3.95. The van der Waals surface area contributed by atoms with Crippen LogP contribution in [0.3, 0.4) is 0 Å². The van der Waals surface area contributed by atoms with Gasteiger partial charge >= 0.3 is 0 Å². The van der Waals surface area contributed by atoms with E-state index in [1.807, 2.05) is 0 Å². The molecule has 2 aromatic rings. The standard InChI is InChI=1S/C18H14F5N3O/c1-9-11(19)3-2-4-15(9)24-18-25-17(27)14(22)8-26(18)7-10-5-12(20)16(23)13(21)6-10/h2-6,8,17,27H,7H2,1H3,(H,24,25). The van der Waals surface area contributed by atoms with Crippen molar-refractivity contribution in [3.8, 4) is 0 Å². The van der Waals surface area contributed by atoms with Gasteiger partial charge in [0.25, 0.3) is 0 Å². The number of nitrogens with one attached hydrogen (secondary N) is 1. The third-order valence-corrected chi connectivity index (χ3v) is 3.95. The highest BCUT2D eigenvalue weighted by Crippen LogP contribution is 2.23. The van der Waals surface area contributed by atoms with Gasteiger partial charge in [0.05, 0.1) is 6.54 Å². The molecule has 0 spiro atoms. The number of anilines is 1. The molecule has 0 aliphatic carbocycles. The second-order valence-electron chi connectivity index (χ2n) is 5.88. The Bertz CT molecular complexity index is 922. The second kappa shape index (κ2) is 7.36. The quantitative estimate of drug-likeness (QED) is 0.623. The van der Waals surface area contributed by atoms with Gasteiger partial charge < -0.3 is 15.3 Å². The minimum atomic E-state index is -1.78. The molecule has 142 valence electrons. The lowest BCUT2D eigenvalue weighted by atomic mass is 10.2. The van der Waals surface area contributed by atoms with Gasteiger partial charge in [0, 0.05) is 17.5 Å². The zero-order chi connectivity index (χ0) is 19.7. The van der Waals surface area contributed by atoms with Gasteiger partial charge in [0.15, 0.2) is 23.3 Å². The van der Waals surface area contributed by atoms with Crippen LogP contribution < -0.4 is 5.32 Å². The average molecular weight is 383 g/mol. The van der Waals surface area contributed by atoms with E-state index in [2.05, 4.69) is 10.3 Å². The van der Waals surface area contributed by atoms with Crippen molar-refractivity contribution in [3.05, 3.63) is 76.8 Å². The smallest absolute Gasteiger partial charge is 0.205 e. The Morgan fingerprint density at radius 3 is 2.41 bits per heavy atom. The van der Waals surface area contributed by atoms with Gasteiger partial charge in [0.1, 0.15) is 5.82 Å². The molecule has 0 saturated carbocycles. The first-order valence-corrected chi connectivity index (χ1v) is 7.81. The summed E-state index contributed by atoms with van der Waals surface area (Å²) in [6.45, 7) is 1.22. The molecule has 0 amide bonds. The highest BCUT2D eigenvalue weighted by molar-refractivity contribution is 5.95. The van der Waals surface area contributed by atoms with E-state index in [-0.39, 0.29) is 23.6 Å². The van der Waals surface area contributed by atoms with Crippen molar-refractivity contribution in [2.75, 3.05) is 5.32 Å². The second-order valence-corrected chi connectivity index (χ2v) is 5.88. The topological polar surface area (TPSA) is 47.9 Å². The molecule has 2 N–H and O–H groups in total. The van der Waals surface area contributed by atoms with Crippen LogP contribution in [-0.4, -0.2) is 22.2 Å². The fourth-order valence-electron chi connectivity index (χ4n) is 2.51. The molecule has 1 aliphatic heterocycles. The van der Waals surface area contributed by atoms with E-state index in [0.717, 1.165) is 23.2 Å². The molecule has 2 aromatic carbocycles. The van der Waals surface area contributed by atoms with Crippen molar-refractivity contribution in [3.63, 3.8) is 0 Å². The number of nitrogens with zero attached hydrogens (tertiary/aromatic N) is 2. The largest absolute Gasteiger partial charge is 0.366 e. The molecule has 9 heteroatoms. The number of aliphatic hydroxyl groups is 1. The minimum Gasteiger partial charge on any atom is -0.366 e. The van der Waals surface area contributed by atoms with Crippen molar-refractivity contribution >= 4 is 11.6 Å². The lowest BCUT2D eigenvalue weighted by Gasteiger charge is -2.28. The fourth-order valence-corrected chi connectivity index (χ4v) is 2.51. The first-order chi connectivity index (χ1) is 12.8. The van der Waals surface area contributed by atoms with Gasteiger partial charge in [-0.15, -0.1) is 0 Å². The molecule has 3 rings (SSSR count). The lowest BCUT2D eigenvalue weighted by molar-refractivity contribution is 0.181. The number of aliphatic hydroxyl groups excluding tert-OH is 1. The predicted octanol–water partition coefficient (Wildman–Crippen LogP) is 3.96. The van der Waals surface area contributed by atoms with E-state index in [1.165, 1.54) is 25.1 Å². The summed E-state index contributed by atoms with van der Waals surface area (Å²) < 4.78 is 67.4. The Hall–Kier alpha value is -2.94. The Kier molecular flexibility index (Phi) is 5.13. The summed E-state index contributed by atoms with van der Waals surface area (Å²) in [5.74, 6) is -5.97. The molecule has 0 saturated heterocycles. The molecule has 1 atom stereocenters. The summed E-state index contributed by atoms with van der Waals surface area (Å²) in [6.07, 6.45) is -0.896. The summed E-state index contributed by atoms with van der Waals surface area (Å²) in [5.41, 5.74) is 0.555. The van der Waals surface area contributed by atoms with Gasteiger partial charge in [-0.05, 0) is 36.8 Å². The number of hydrogen-bond donors (Lipinski definition) is 2. The molecule has 1 unspecified atom stereocenters. The molecule has 1 heterocycles. The predicted molar refractivity (Wildman–Crippen MR) is 89.3 cm³/mol. The zero-order valence-electron chi connectivity index (χ0n) is 14.0. The summed E-state index contributed by atoms with van der Waals surface area (Å²) in [4.78, 5) is 4.85. The van der Waals surface area contributed by atoms with E-state index in [0.29, 0.717) is 5.69 Å². The first kappa shape index (κ1) is 18.8. The summed E-state index contributed by atoms with van der Waals surface area (Å²) >= 11 is 0. The van der Waals surface area contributed by atoms with Gasteiger partial charge in [-0.2, -0.15) is 0 Å². The molecule has 1 aliphatic rings. The molecular weight excluding hydrogens is 369 g/mol. The van der Waals surface area contributed by atoms with Crippen molar-refractivity contribution in [1.82, 2.24) is 4.90 Å². The molecule has 4 nitrogen and oxygen atoms in total. The summed E-state index contributed by atoms with van der Waals surface area (Å²) in [7, 11) is 0. The molecular formula is C18H14F5N3O. The number of hydrogen-bond acceptors (Lipinski definition) is 4. The lowest BCUT2D eigenvalue weighted by Crippen LogP contribution is -2.37. The van der Waals surface area contributed by atoms with Gasteiger partial charge in [0.2, 0.25) is 12.2 Å². The van der Waals surface area contributed by atoms with Crippen LogP contribution in [0.5, 0.6) is 0 Å². The number of aliphatic imine (C=N–C) groups is 1. The molecule has 0 radical (unpaired) electrons. The SMILES string of the molecule is Cc1c(F)cccc1NC1=NC(O)C(F)=CN1Cc1cc(F)c(F)c(F)c1. The van der Waals surface area contributed by atoms with Crippen molar-refractivity contribution in [2.45, 2.75) is 19.7 Å². The molecule has 0 fully saturated rings. The van der Waals surface area contributed by atoms with Crippen LogP contribution >= 0.6 is 0 Å². The molecule has 0 aromatic heterocycles. The van der Waals surface area contributed by atoms with Crippen molar-refractivity contribution < 1.29 is 27.1 Å². The highest BCUT2D eigenvalue weighted by Gasteiger charge is 2.24. The number of benzene rings is 2. The Morgan fingerprint density at radius 2 is 1.74 bits per heavy atom. The third kappa shape index (κ3) is 3.92. The Balaban J connectivity index is 1.91. The number of guanidine groups is 1. The van der Waals surface area contributed by atoms with Crippen LogP contribution in [0.2, 0.25) is 0 Å². The van der Waals surface area contributed by atoms with E-state index in [4.69, 9.17) is 0 Å². The summed E-state index contributed by atoms with van der Waals surface area (Å²) in [6, 6.07) is 5.76. The minimum absolute atomic E-state index is 0.00250. The molecule has 0 bridgehead atoms. The first-order valence-electron chi connectivity index (χ1n) is 7.81. The van der Waals surface area contributed by atoms with Crippen LogP contribution in [0.15, 0.2) is 47.4 Å². The van der Waals surface area contributed by atoms with Crippen LogP contribution in [0.4, 0.5) is 27.6 Å². The van der Waals surface area contributed by atoms with Crippen molar-refractivity contribution in [2.24, 2.45) is 4.99 Å². The van der Waals surface area contributed by atoms with E-state index < -0.39 is 35.3 Å². The fraction of sp³-hybridized carbons (Fsp3) is 0.167. The number of halogens is 5. The monoisotopic (exact) mass is 383 g/mol. The van der Waals surface area contributed by atoms with E-state index >= 15 is 0 Å². The van der Waals surface area contributed by atoms with Crippen molar-refractivity contribution in [1.29, 1.82) is 0 Å². The van der Waals surface area contributed by atoms with Crippen LogP contribution in [-0.2, 0) is 6.54 Å². The zero-order valence-corrected chi connectivity index (χ0v) is 14.0. The van der Waals surface area contributed by atoms with Crippen LogP contribution in [0.1, 0.15) is 11.1 Å². The maximum absolute atomic E-state index is 13.8. The summed E-state index contributed by atoms with van der Waals surface area (Å²) in [5, 5.41) is 12.4. The maximum Gasteiger partial charge on any atom is 0.205 e. The Morgan fingerprint density at radius 1 is 1.07 bits per heavy atom. The van der Waals surface area contributed by atoms with E-state index in [9.17, 15) is 27.1 Å². The maximum atomic E-state index is 13.8. The highest BCUT2D eigenvalue weighted by atomic mass is 19.2. The number of rotatable bonds is 3. The van der Waals surface area contributed by atoms with Gasteiger partial charge in [-0.1, -0.05) is 6.07 Å². The average Bonchev–Trinajstić information content (AvgIpc) is 2.61. The van der Waals surface area contributed by atoms with E-state index in [1.54, 1.807) is 0 Å². The van der Waals surface area contributed by atoms with Crippen LogP contribution in [0, 0.1) is 30.2 Å². The molecule has 27 heavy (non-hydrogen) atoms.